The molecule has 172 valence electrons. The average Bonchev–Trinajstić information content (AvgIpc) is 3.23. The number of benzene rings is 1. The molecule has 2 aromatic heterocycles. The molecule has 0 radical (unpaired) electrons. The largest absolute Gasteiger partial charge is 0.454 e. The Bertz CT molecular complexity index is 1240. The fourth-order valence-corrected chi connectivity index (χ4v) is 6.79. The lowest BCUT2D eigenvalue weighted by Gasteiger charge is -2.46. The zero-order chi connectivity index (χ0) is 23.1. The van der Waals surface area contributed by atoms with Crippen LogP contribution in [-0.2, 0) is 10.2 Å². The molecule has 2 fully saturated rings. The molecule has 2 aliphatic carbocycles. The second-order valence-corrected chi connectivity index (χ2v) is 11.5. The van der Waals surface area contributed by atoms with Crippen LogP contribution in [0.5, 0.6) is 0 Å². The molecule has 1 amide bonds. The molecular weight excluding hydrogens is 448 g/mol. The van der Waals surface area contributed by atoms with Crippen LogP contribution in [0.4, 0.5) is 0 Å². The normalized spacial score (nSPS) is 22.9. The first-order valence-corrected chi connectivity index (χ1v) is 13.9. The smallest absolute Gasteiger partial charge is 0.287 e. The van der Waals surface area contributed by atoms with Crippen molar-refractivity contribution in [2.75, 3.05) is 6.26 Å². The number of thioether (sulfide) groups is 1. The summed E-state index contributed by atoms with van der Waals surface area (Å²) < 4.78 is 7.23. The van der Waals surface area contributed by atoms with Gasteiger partial charge in [-0.1, -0.05) is 25.7 Å². The van der Waals surface area contributed by atoms with Gasteiger partial charge in [0.25, 0.3) is 5.91 Å². The van der Waals surface area contributed by atoms with Crippen molar-refractivity contribution in [3.05, 3.63) is 52.4 Å². The van der Waals surface area contributed by atoms with Crippen LogP contribution in [-0.4, -0.2) is 23.2 Å². The van der Waals surface area contributed by atoms with Crippen molar-refractivity contribution in [3.63, 3.8) is 0 Å². The number of carbonyl (C=O) groups excluding carboxylic acids is 1. The molecule has 2 heterocycles. The van der Waals surface area contributed by atoms with Gasteiger partial charge in [0.2, 0.25) is 0 Å². The lowest BCUT2D eigenvalue weighted by molar-refractivity contribution is 0.0826. The molecule has 1 N–H and O–H groups in total. The third kappa shape index (κ3) is 4.22. The fourth-order valence-electron chi connectivity index (χ4n) is 4.75. The summed E-state index contributed by atoms with van der Waals surface area (Å²) in [5.74, 6) is 7.72. The minimum Gasteiger partial charge on any atom is -0.454 e. The summed E-state index contributed by atoms with van der Waals surface area (Å²) in [4.78, 5) is 17.8. The van der Waals surface area contributed by atoms with Crippen molar-refractivity contribution >= 4 is 39.2 Å². The Morgan fingerprint density at radius 2 is 2.09 bits per heavy atom. The number of aromatic nitrogens is 1. The maximum atomic E-state index is 12.8. The Balaban J connectivity index is 1.25. The number of rotatable bonds is 7. The molecule has 3 aromatic rings. The van der Waals surface area contributed by atoms with E-state index >= 15 is 0 Å². The minimum absolute atomic E-state index is 0.0426. The number of carbonyl (C=O) groups is 1. The van der Waals surface area contributed by atoms with Crippen LogP contribution >= 0.6 is 23.1 Å². The van der Waals surface area contributed by atoms with E-state index in [0.29, 0.717) is 5.76 Å². The van der Waals surface area contributed by atoms with Crippen molar-refractivity contribution < 1.29 is 9.21 Å². The molecule has 0 spiro atoms. The van der Waals surface area contributed by atoms with Gasteiger partial charge < -0.3 is 9.73 Å². The van der Waals surface area contributed by atoms with Gasteiger partial charge in [-0.15, -0.1) is 11.3 Å². The first-order valence-electron chi connectivity index (χ1n) is 11.9. The Kier molecular flexibility index (Phi) is 6.05. The summed E-state index contributed by atoms with van der Waals surface area (Å²) in [6.45, 7) is 4.37. The average molecular weight is 479 g/mol. The van der Waals surface area contributed by atoms with Gasteiger partial charge in [0.1, 0.15) is 10.8 Å². The zero-order valence-electron chi connectivity index (χ0n) is 19.5. The summed E-state index contributed by atoms with van der Waals surface area (Å²) in [6, 6.07) is 10.3. The van der Waals surface area contributed by atoms with E-state index in [-0.39, 0.29) is 22.1 Å². The van der Waals surface area contributed by atoms with Gasteiger partial charge in [-0.05, 0) is 75.1 Å². The predicted octanol–water partition coefficient (Wildman–Crippen LogP) is 6.63. The van der Waals surface area contributed by atoms with Gasteiger partial charge in [0, 0.05) is 23.4 Å². The highest BCUT2D eigenvalue weighted by Gasteiger charge is 2.48. The minimum atomic E-state index is -0.104. The maximum Gasteiger partial charge on any atom is 0.287 e. The van der Waals surface area contributed by atoms with Crippen LogP contribution in [0.2, 0.25) is 0 Å². The number of hydrogen-bond acceptors (Lipinski definition) is 5. The van der Waals surface area contributed by atoms with Crippen LogP contribution in [0.15, 0.2) is 34.7 Å². The first-order chi connectivity index (χ1) is 16.0. The number of furan rings is 1. The van der Waals surface area contributed by atoms with Gasteiger partial charge >= 0.3 is 0 Å². The second-order valence-electron chi connectivity index (χ2n) is 9.33. The zero-order valence-corrected chi connectivity index (χ0v) is 21.1. The van der Waals surface area contributed by atoms with E-state index in [2.05, 4.69) is 55.5 Å². The van der Waals surface area contributed by atoms with Crippen LogP contribution in [0.25, 0.3) is 10.2 Å². The summed E-state index contributed by atoms with van der Waals surface area (Å²) in [6.07, 6.45) is 9.20. The monoisotopic (exact) mass is 478 g/mol. The van der Waals surface area contributed by atoms with Gasteiger partial charge in [0.15, 0.2) is 5.76 Å². The topological polar surface area (TPSA) is 55.1 Å². The number of hydrogen-bond donors (Lipinski definition) is 1. The SMILES string of the molecule is CCCC#Cc1ccc2sc(C3(CC)CC(NC(=O)c4ccc(C5(SC)CC5)o4)C3)nc2c1. The molecule has 4 nitrogen and oxygen atoms in total. The Hall–Kier alpha value is -2.23. The van der Waals surface area contributed by atoms with Crippen molar-refractivity contribution in [2.24, 2.45) is 0 Å². The second kappa shape index (κ2) is 8.85. The number of nitrogens with one attached hydrogen (secondary N) is 1. The summed E-state index contributed by atoms with van der Waals surface area (Å²) in [5, 5.41) is 4.37. The first kappa shape index (κ1) is 22.6. The van der Waals surface area contributed by atoms with Crippen LogP contribution < -0.4 is 5.32 Å². The number of thiazole rings is 1. The van der Waals surface area contributed by atoms with Crippen molar-refractivity contribution in [3.8, 4) is 11.8 Å². The van der Waals surface area contributed by atoms with E-state index in [1.54, 1.807) is 11.3 Å². The molecule has 2 aliphatic rings. The number of amides is 1. The van der Waals surface area contributed by atoms with Gasteiger partial charge in [-0.3, -0.25) is 4.79 Å². The molecule has 0 bridgehead atoms. The molecule has 1 aromatic carbocycles. The predicted molar refractivity (Wildman–Crippen MR) is 137 cm³/mol. The van der Waals surface area contributed by atoms with Crippen molar-refractivity contribution in [1.82, 2.24) is 10.3 Å². The Morgan fingerprint density at radius 1 is 1.27 bits per heavy atom. The third-order valence-corrected chi connectivity index (χ3v) is 9.78. The third-order valence-electron chi connectivity index (χ3n) is 7.11. The Labute approximate surface area is 203 Å². The number of nitrogens with zero attached hydrogens (tertiary/aromatic N) is 1. The summed E-state index contributed by atoms with van der Waals surface area (Å²) in [5.41, 5.74) is 2.11. The molecule has 0 unspecified atom stereocenters. The van der Waals surface area contributed by atoms with E-state index in [1.165, 1.54) is 9.71 Å². The lowest BCUT2D eigenvalue weighted by Crippen LogP contribution is -2.52. The molecule has 2 saturated carbocycles. The fraction of sp³-hybridized carbons (Fsp3) is 0.481. The summed E-state index contributed by atoms with van der Waals surface area (Å²) >= 11 is 3.60. The van der Waals surface area contributed by atoms with Gasteiger partial charge in [-0.25, -0.2) is 4.98 Å². The van der Waals surface area contributed by atoms with E-state index in [0.717, 1.165) is 61.8 Å². The standard InChI is InChI=1S/C27H30N2O2S2/c1-4-6-7-8-18-9-11-22-20(15-18)29-25(33-22)26(5-2)16-19(17-26)28-24(30)21-10-12-23(31-21)27(32-3)13-14-27/h9-12,15,19H,4-6,13-14,16-17H2,1-3H3,(H,28,30). The van der Waals surface area contributed by atoms with Gasteiger partial charge in [-0.2, -0.15) is 11.8 Å². The van der Waals surface area contributed by atoms with Crippen LogP contribution in [0, 0.1) is 11.8 Å². The highest BCUT2D eigenvalue weighted by Crippen LogP contribution is 2.56. The molecule has 0 aliphatic heterocycles. The lowest BCUT2D eigenvalue weighted by atomic mass is 9.64. The molecule has 0 atom stereocenters. The molecule has 6 heteroatoms. The van der Waals surface area contributed by atoms with E-state index < -0.39 is 0 Å². The molecular formula is C27H30N2O2S2. The quantitative estimate of drug-likeness (QED) is 0.387. The van der Waals surface area contributed by atoms with Crippen LogP contribution in [0.1, 0.15) is 85.7 Å². The van der Waals surface area contributed by atoms with Crippen molar-refractivity contribution in [2.45, 2.75) is 75.0 Å². The van der Waals surface area contributed by atoms with Gasteiger partial charge in [0.05, 0.1) is 15.0 Å². The number of fused-ring (bicyclic) bond motifs is 1. The number of unbranched alkanes of at least 4 members (excludes halogenated alkanes) is 1. The molecule has 33 heavy (non-hydrogen) atoms. The Morgan fingerprint density at radius 3 is 2.79 bits per heavy atom. The van der Waals surface area contributed by atoms with E-state index in [9.17, 15) is 4.79 Å². The maximum absolute atomic E-state index is 12.8. The molecule has 5 rings (SSSR count). The van der Waals surface area contributed by atoms with Crippen molar-refractivity contribution in [1.29, 1.82) is 0 Å². The van der Waals surface area contributed by atoms with Crippen LogP contribution in [0.3, 0.4) is 0 Å². The van der Waals surface area contributed by atoms with E-state index in [1.807, 2.05) is 23.9 Å². The van der Waals surface area contributed by atoms with E-state index in [4.69, 9.17) is 9.40 Å². The summed E-state index contributed by atoms with van der Waals surface area (Å²) in [7, 11) is 0. The molecule has 0 saturated heterocycles. The highest BCUT2D eigenvalue weighted by molar-refractivity contribution is 7.99. The highest BCUT2D eigenvalue weighted by atomic mass is 32.2.